The molecule has 0 aliphatic rings. The first kappa shape index (κ1) is 15.1. The number of aliphatic hydroxyl groups excluding tert-OH is 1. The van der Waals surface area contributed by atoms with E-state index in [0.717, 1.165) is 16.9 Å². The molecule has 0 saturated carbocycles. The molecule has 23 heavy (non-hydrogen) atoms. The van der Waals surface area contributed by atoms with E-state index < -0.39 is 0 Å². The molecule has 0 atom stereocenters. The Morgan fingerprint density at radius 2 is 1.74 bits per heavy atom. The summed E-state index contributed by atoms with van der Waals surface area (Å²) in [6.45, 7) is -0.271. The first-order valence-corrected chi connectivity index (χ1v) is 7.00. The number of oxazole rings is 1. The van der Waals surface area contributed by atoms with Gasteiger partial charge in [0.25, 0.3) is 0 Å². The molecule has 118 valence electrons. The van der Waals surface area contributed by atoms with Gasteiger partial charge in [0.1, 0.15) is 18.1 Å². The van der Waals surface area contributed by atoms with E-state index in [2.05, 4.69) is 9.97 Å². The van der Waals surface area contributed by atoms with Gasteiger partial charge < -0.3 is 19.0 Å². The number of pyridine rings is 1. The summed E-state index contributed by atoms with van der Waals surface area (Å²) < 4.78 is 15.9. The molecule has 0 unspecified atom stereocenters. The highest BCUT2D eigenvalue weighted by molar-refractivity contribution is 5.76. The summed E-state index contributed by atoms with van der Waals surface area (Å²) in [4.78, 5) is 8.53. The van der Waals surface area contributed by atoms with Crippen LogP contribution in [-0.2, 0) is 6.61 Å². The smallest absolute Gasteiger partial charge is 0.221 e. The van der Waals surface area contributed by atoms with Crippen molar-refractivity contribution in [1.29, 1.82) is 0 Å². The van der Waals surface area contributed by atoms with Crippen molar-refractivity contribution in [3.05, 3.63) is 48.5 Å². The maximum absolute atomic E-state index is 9.32. The zero-order chi connectivity index (χ0) is 16.2. The third-order valence-corrected chi connectivity index (χ3v) is 3.38. The summed E-state index contributed by atoms with van der Waals surface area (Å²) in [6, 6.07) is 11.0. The number of hydrogen-bond acceptors (Lipinski definition) is 6. The second-order valence-electron chi connectivity index (χ2n) is 4.76. The molecule has 0 amide bonds. The topological polar surface area (TPSA) is 77.6 Å². The molecule has 0 bridgehead atoms. The lowest BCUT2D eigenvalue weighted by Gasteiger charge is -2.04. The zero-order valence-electron chi connectivity index (χ0n) is 12.8. The first-order chi connectivity index (χ1) is 11.2. The quantitative estimate of drug-likeness (QED) is 0.780. The summed E-state index contributed by atoms with van der Waals surface area (Å²) in [5.41, 5.74) is 2.23. The van der Waals surface area contributed by atoms with E-state index >= 15 is 0 Å². The second-order valence-corrected chi connectivity index (χ2v) is 4.76. The second kappa shape index (κ2) is 6.50. The molecule has 0 radical (unpaired) electrons. The maximum atomic E-state index is 9.32. The molecule has 0 aliphatic carbocycles. The molecule has 3 rings (SSSR count). The van der Waals surface area contributed by atoms with Crippen molar-refractivity contribution in [2.24, 2.45) is 0 Å². The molecular weight excluding hydrogens is 296 g/mol. The minimum atomic E-state index is -0.271. The standard InChI is InChI=1S/C17H16N2O4/c1-21-13-6-3-11(4-7-13)17-16(19-15(10-20)23-17)12-5-8-14(22-2)18-9-12/h3-9,20H,10H2,1-2H3. The van der Waals surface area contributed by atoms with Gasteiger partial charge in [0.2, 0.25) is 11.8 Å². The van der Waals surface area contributed by atoms with E-state index in [1.54, 1.807) is 26.5 Å². The molecular formula is C17H16N2O4. The highest BCUT2D eigenvalue weighted by Crippen LogP contribution is 2.33. The predicted octanol–water partition coefficient (Wildman–Crippen LogP) is 2.91. The molecule has 3 aromatic rings. The average molecular weight is 312 g/mol. The van der Waals surface area contributed by atoms with Gasteiger partial charge in [-0.3, -0.25) is 0 Å². The molecule has 0 spiro atoms. The minimum Gasteiger partial charge on any atom is -0.497 e. The Morgan fingerprint density at radius 1 is 1.00 bits per heavy atom. The van der Waals surface area contributed by atoms with Gasteiger partial charge in [-0.2, -0.15) is 0 Å². The van der Waals surface area contributed by atoms with E-state index in [0.29, 0.717) is 17.3 Å². The molecule has 6 heteroatoms. The lowest BCUT2D eigenvalue weighted by molar-refractivity contribution is 0.241. The molecule has 0 fully saturated rings. The number of ether oxygens (including phenoxy) is 2. The van der Waals surface area contributed by atoms with E-state index in [1.807, 2.05) is 30.3 Å². The Bertz CT molecular complexity index is 714. The van der Waals surface area contributed by atoms with Gasteiger partial charge in [-0.05, 0) is 30.3 Å². The van der Waals surface area contributed by atoms with Crippen LogP contribution in [0.3, 0.4) is 0 Å². The van der Waals surface area contributed by atoms with Crippen molar-refractivity contribution in [2.75, 3.05) is 14.2 Å². The van der Waals surface area contributed by atoms with E-state index in [9.17, 15) is 5.11 Å². The fourth-order valence-electron chi connectivity index (χ4n) is 2.21. The third kappa shape index (κ3) is 3.02. The fraction of sp³-hybridized carbons (Fsp3) is 0.176. The Hall–Kier alpha value is -2.86. The highest BCUT2D eigenvalue weighted by Gasteiger charge is 2.17. The summed E-state index contributed by atoms with van der Waals surface area (Å²) in [7, 11) is 3.17. The van der Waals surface area contributed by atoms with Crippen LogP contribution in [-0.4, -0.2) is 29.3 Å². The van der Waals surface area contributed by atoms with Crippen molar-refractivity contribution in [1.82, 2.24) is 9.97 Å². The summed E-state index contributed by atoms with van der Waals surface area (Å²) in [6.07, 6.45) is 1.66. The van der Waals surface area contributed by atoms with Gasteiger partial charge in [-0.15, -0.1) is 0 Å². The van der Waals surface area contributed by atoms with E-state index in [1.165, 1.54) is 0 Å². The van der Waals surface area contributed by atoms with Crippen LogP contribution in [0.5, 0.6) is 11.6 Å². The van der Waals surface area contributed by atoms with Gasteiger partial charge in [0.15, 0.2) is 5.76 Å². The molecule has 0 aliphatic heterocycles. The first-order valence-electron chi connectivity index (χ1n) is 7.00. The number of rotatable bonds is 5. The minimum absolute atomic E-state index is 0.252. The summed E-state index contributed by atoms with van der Waals surface area (Å²) >= 11 is 0. The monoisotopic (exact) mass is 312 g/mol. The molecule has 2 heterocycles. The van der Waals surface area contributed by atoms with Crippen molar-refractivity contribution in [3.8, 4) is 34.2 Å². The number of nitrogens with zero attached hydrogens (tertiary/aromatic N) is 2. The Balaban J connectivity index is 2.06. The van der Waals surface area contributed by atoms with Crippen molar-refractivity contribution in [3.63, 3.8) is 0 Å². The van der Waals surface area contributed by atoms with E-state index in [4.69, 9.17) is 13.9 Å². The number of aliphatic hydroxyl groups is 1. The molecule has 1 N–H and O–H groups in total. The lowest BCUT2D eigenvalue weighted by Crippen LogP contribution is -1.89. The Labute approximate surface area is 133 Å². The van der Waals surface area contributed by atoms with Gasteiger partial charge in [0.05, 0.1) is 14.2 Å². The van der Waals surface area contributed by atoms with Crippen LogP contribution >= 0.6 is 0 Å². The molecule has 2 aromatic heterocycles. The third-order valence-electron chi connectivity index (χ3n) is 3.38. The van der Waals surface area contributed by atoms with Crippen LogP contribution < -0.4 is 9.47 Å². The van der Waals surface area contributed by atoms with Crippen LogP contribution in [0.25, 0.3) is 22.6 Å². The predicted molar refractivity (Wildman–Crippen MR) is 84.2 cm³/mol. The number of hydrogen-bond donors (Lipinski definition) is 1. The number of benzene rings is 1. The Morgan fingerprint density at radius 3 is 2.30 bits per heavy atom. The number of methoxy groups -OCH3 is 2. The van der Waals surface area contributed by atoms with Crippen LogP contribution in [0.4, 0.5) is 0 Å². The van der Waals surface area contributed by atoms with Crippen molar-refractivity contribution >= 4 is 0 Å². The van der Waals surface area contributed by atoms with Crippen LogP contribution in [0, 0.1) is 0 Å². The zero-order valence-corrected chi connectivity index (χ0v) is 12.8. The largest absolute Gasteiger partial charge is 0.497 e. The van der Waals surface area contributed by atoms with Crippen LogP contribution in [0.15, 0.2) is 47.0 Å². The van der Waals surface area contributed by atoms with Gasteiger partial charge in [-0.25, -0.2) is 9.97 Å². The van der Waals surface area contributed by atoms with Crippen LogP contribution in [0.1, 0.15) is 5.89 Å². The summed E-state index contributed by atoms with van der Waals surface area (Å²) in [5.74, 6) is 2.10. The van der Waals surface area contributed by atoms with Crippen molar-refractivity contribution < 1.29 is 19.0 Å². The molecule has 0 saturated heterocycles. The Kier molecular flexibility index (Phi) is 4.25. The fourth-order valence-corrected chi connectivity index (χ4v) is 2.21. The van der Waals surface area contributed by atoms with Gasteiger partial charge >= 0.3 is 0 Å². The van der Waals surface area contributed by atoms with E-state index in [-0.39, 0.29) is 12.5 Å². The molecule has 1 aromatic carbocycles. The van der Waals surface area contributed by atoms with Crippen molar-refractivity contribution in [2.45, 2.75) is 6.61 Å². The normalized spacial score (nSPS) is 10.6. The summed E-state index contributed by atoms with van der Waals surface area (Å²) in [5, 5.41) is 9.32. The average Bonchev–Trinajstić information content (AvgIpc) is 3.06. The SMILES string of the molecule is COc1ccc(-c2oc(CO)nc2-c2ccc(OC)nc2)cc1. The van der Waals surface area contributed by atoms with Gasteiger partial charge in [-0.1, -0.05) is 0 Å². The number of aromatic nitrogens is 2. The lowest BCUT2D eigenvalue weighted by atomic mass is 10.1. The van der Waals surface area contributed by atoms with Crippen LogP contribution in [0.2, 0.25) is 0 Å². The highest BCUT2D eigenvalue weighted by atomic mass is 16.5. The van der Waals surface area contributed by atoms with Gasteiger partial charge in [0, 0.05) is 23.4 Å². The molecule has 6 nitrogen and oxygen atoms in total. The maximum Gasteiger partial charge on any atom is 0.221 e.